The molecule has 0 spiro atoms. The number of sulfonamides is 1. The van der Waals surface area contributed by atoms with Crippen molar-refractivity contribution in [2.45, 2.75) is 46.1 Å². The fourth-order valence-electron chi connectivity index (χ4n) is 2.86. The molecular formula is C20H27N3O4S. The summed E-state index contributed by atoms with van der Waals surface area (Å²) in [6, 6.07) is 3.19. The number of aromatic hydroxyl groups is 1. The first-order valence-electron chi connectivity index (χ1n) is 9.11. The number of rotatable bonds is 7. The van der Waals surface area contributed by atoms with E-state index in [1.54, 1.807) is 26.8 Å². The van der Waals surface area contributed by atoms with Gasteiger partial charge < -0.3 is 10.2 Å². The van der Waals surface area contributed by atoms with E-state index in [0.717, 1.165) is 11.1 Å². The SMILES string of the molecule is CCN(CC)S(=O)(=O)c1cc(C)c(C)c(N=Cc2c(CO)cnc(C)c2O)c1. The zero-order valence-corrected chi connectivity index (χ0v) is 17.7. The Balaban J connectivity index is 2.58. The van der Waals surface area contributed by atoms with Crippen LogP contribution in [-0.4, -0.2) is 47.2 Å². The molecule has 2 rings (SSSR count). The van der Waals surface area contributed by atoms with E-state index < -0.39 is 10.0 Å². The number of aromatic nitrogens is 1. The Bertz CT molecular complexity index is 997. The van der Waals surface area contributed by atoms with Gasteiger partial charge in [-0.2, -0.15) is 4.31 Å². The number of aliphatic hydroxyl groups is 1. The van der Waals surface area contributed by atoms with E-state index in [9.17, 15) is 18.6 Å². The lowest BCUT2D eigenvalue weighted by molar-refractivity contribution is 0.280. The summed E-state index contributed by atoms with van der Waals surface area (Å²) in [6.45, 7) is 9.42. The zero-order chi connectivity index (χ0) is 21.1. The van der Waals surface area contributed by atoms with Crippen LogP contribution in [0.3, 0.4) is 0 Å². The number of hydrogen-bond acceptors (Lipinski definition) is 6. The standard InChI is InChI=1S/C20H27N3O4S/c1-6-23(7-2)28(26,27)17-8-13(3)14(4)19(9-17)22-11-18-16(12-24)10-21-15(5)20(18)25/h8-11,24-25H,6-7,12H2,1-5H3. The maximum absolute atomic E-state index is 12.9. The van der Waals surface area contributed by atoms with E-state index >= 15 is 0 Å². The van der Waals surface area contributed by atoms with E-state index in [4.69, 9.17) is 0 Å². The summed E-state index contributed by atoms with van der Waals surface area (Å²) >= 11 is 0. The zero-order valence-electron chi connectivity index (χ0n) is 16.9. The molecule has 0 aliphatic carbocycles. The first-order valence-corrected chi connectivity index (χ1v) is 10.5. The molecule has 0 atom stereocenters. The van der Waals surface area contributed by atoms with Crippen molar-refractivity contribution in [3.8, 4) is 5.75 Å². The van der Waals surface area contributed by atoms with Crippen LogP contribution in [0.5, 0.6) is 5.75 Å². The summed E-state index contributed by atoms with van der Waals surface area (Å²) < 4.78 is 27.1. The maximum atomic E-state index is 12.9. The molecular weight excluding hydrogens is 378 g/mol. The van der Waals surface area contributed by atoms with Crippen LogP contribution < -0.4 is 0 Å². The quantitative estimate of drug-likeness (QED) is 0.689. The highest BCUT2D eigenvalue weighted by molar-refractivity contribution is 7.89. The van der Waals surface area contributed by atoms with Crippen LogP contribution >= 0.6 is 0 Å². The predicted molar refractivity (Wildman–Crippen MR) is 110 cm³/mol. The lowest BCUT2D eigenvalue weighted by Gasteiger charge is -2.19. The van der Waals surface area contributed by atoms with Crippen LogP contribution in [0, 0.1) is 20.8 Å². The van der Waals surface area contributed by atoms with Gasteiger partial charge in [-0.15, -0.1) is 0 Å². The van der Waals surface area contributed by atoms with Gasteiger partial charge in [0.05, 0.1) is 22.9 Å². The number of benzene rings is 1. The Morgan fingerprint density at radius 3 is 2.39 bits per heavy atom. The van der Waals surface area contributed by atoms with Gasteiger partial charge in [-0.25, -0.2) is 8.42 Å². The summed E-state index contributed by atoms with van der Waals surface area (Å²) in [4.78, 5) is 8.63. The van der Waals surface area contributed by atoms with E-state index in [-0.39, 0.29) is 17.3 Å². The minimum absolute atomic E-state index is 0.0587. The molecule has 1 aromatic carbocycles. The normalized spacial score (nSPS) is 12.2. The van der Waals surface area contributed by atoms with Crippen molar-refractivity contribution < 1.29 is 18.6 Å². The highest BCUT2D eigenvalue weighted by atomic mass is 32.2. The topological polar surface area (TPSA) is 103 Å². The lowest BCUT2D eigenvalue weighted by atomic mass is 10.1. The van der Waals surface area contributed by atoms with Gasteiger partial charge in [0.1, 0.15) is 5.75 Å². The molecule has 1 heterocycles. The second kappa shape index (κ2) is 8.81. The molecule has 0 radical (unpaired) electrons. The van der Waals surface area contributed by atoms with Crippen LogP contribution in [0.1, 0.15) is 41.8 Å². The number of pyridine rings is 1. The van der Waals surface area contributed by atoms with E-state index in [2.05, 4.69) is 9.98 Å². The van der Waals surface area contributed by atoms with Gasteiger partial charge in [-0.3, -0.25) is 9.98 Å². The van der Waals surface area contributed by atoms with Gasteiger partial charge in [0.25, 0.3) is 0 Å². The first kappa shape index (κ1) is 22.0. The molecule has 0 aliphatic heterocycles. The summed E-state index contributed by atoms with van der Waals surface area (Å²) in [6.07, 6.45) is 2.92. The highest BCUT2D eigenvalue weighted by Crippen LogP contribution is 2.29. The number of aliphatic imine (C=N–C) groups is 1. The van der Waals surface area contributed by atoms with Gasteiger partial charge in [0.2, 0.25) is 10.0 Å². The fraction of sp³-hybridized carbons (Fsp3) is 0.400. The average molecular weight is 406 g/mol. The monoisotopic (exact) mass is 405 g/mol. The van der Waals surface area contributed by atoms with Crippen molar-refractivity contribution in [1.29, 1.82) is 0 Å². The first-order chi connectivity index (χ1) is 13.2. The molecule has 0 fully saturated rings. The molecule has 0 saturated heterocycles. The third-order valence-electron chi connectivity index (χ3n) is 4.82. The minimum Gasteiger partial charge on any atom is -0.505 e. The molecule has 0 saturated carbocycles. The Kier molecular flexibility index (Phi) is 6.92. The van der Waals surface area contributed by atoms with Crippen molar-refractivity contribution in [1.82, 2.24) is 9.29 Å². The van der Waals surface area contributed by atoms with Crippen LogP contribution in [0.2, 0.25) is 0 Å². The molecule has 8 heteroatoms. The van der Waals surface area contributed by atoms with E-state index in [0.29, 0.717) is 35.6 Å². The Morgan fingerprint density at radius 2 is 1.82 bits per heavy atom. The molecule has 7 nitrogen and oxygen atoms in total. The number of hydrogen-bond donors (Lipinski definition) is 2. The largest absolute Gasteiger partial charge is 0.505 e. The predicted octanol–water partition coefficient (Wildman–Crippen LogP) is 2.99. The van der Waals surface area contributed by atoms with E-state index in [1.165, 1.54) is 22.8 Å². The highest BCUT2D eigenvalue weighted by Gasteiger charge is 2.23. The van der Waals surface area contributed by atoms with Gasteiger partial charge >= 0.3 is 0 Å². The van der Waals surface area contributed by atoms with Crippen LogP contribution in [0.25, 0.3) is 0 Å². The van der Waals surface area contributed by atoms with Crippen LogP contribution in [-0.2, 0) is 16.6 Å². The molecule has 0 aliphatic rings. The van der Waals surface area contributed by atoms with Gasteiger partial charge in [-0.1, -0.05) is 13.8 Å². The van der Waals surface area contributed by atoms with Gasteiger partial charge in [0, 0.05) is 36.6 Å². The Hall–Kier alpha value is -2.29. The van der Waals surface area contributed by atoms with Crippen molar-refractivity contribution in [3.63, 3.8) is 0 Å². The Labute approximate surface area is 166 Å². The van der Waals surface area contributed by atoms with Crippen molar-refractivity contribution in [2.75, 3.05) is 13.1 Å². The molecule has 2 aromatic rings. The number of aryl methyl sites for hydroxylation is 2. The maximum Gasteiger partial charge on any atom is 0.243 e. The van der Waals surface area contributed by atoms with Crippen LogP contribution in [0.4, 0.5) is 5.69 Å². The molecule has 0 bridgehead atoms. The smallest absolute Gasteiger partial charge is 0.243 e. The molecule has 28 heavy (non-hydrogen) atoms. The second-order valence-electron chi connectivity index (χ2n) is 6.52. The van der Waals surface area contributed by atoms with E-state index in [1.807, 2.05) is 13.8 Å². The van der Waals surface area contributed by atoms with Crippen molar-refractivity contribution >= 4 is 21.9 Å². The average Bonchev–Trinajstić information content (AvgIpc) is 2.66. The summed E-state index contributed by atoms with van der Waals surface area (Å²) in [5.74, 6) is -0.0587. The molecule has 0 unspecified atom stereocenters. The van der Waals surface area contributed by atoms with Gasteiger partial charge in [-0.05, 0) is 44.0 Å². The summed E-state index contributed by atoms with van der Waals surface area (Å²) in [7, 11) is -3.61. The minimum atomic E-state index is -3.61. The third-order valence-corrected chi connectivity index (χ3v) is 6.85. The van der Waals surface area contributed by atoms with Crippen molar-refractivity contribution in [3.05, 3.63) is 46.3 Å². The number of aliphatic hydroxyl groups excluding tert-OH is 1. The summed E-state index contributed by atoms with van der Waals surface area (Å²) in [5, 5.41) is 19.8. The molecule has 1 aromatic heterocycles. The fourth-order valence-corrected chi connectivity index (χ4v) is 4.42. The molecule has 2 N–H and O–H groups in total. The third kappa shape index (κ3) is 4.24. The summed E-state index contributed by atoms with van der Waals surface area (Å²) in [5.41, 5.74) is 3.36. The molecule has 0 amide bonds. The van der Waals surface area contributed by atoms with Crippen molar-refractivity contribution in [2.24, 2.45) is 4.99 Å². The lowest BCUT2D eigenvalue weighted by Crippen LogP contribution is -2.30. The van der Waals surface area contributed by atoms with Gasteiger partial charge in [0.15, 0.2) is 0 Å². The Morgan fingerprint density at radius 1 is 1.18 bits per heavy atom. The second-order valence-corrected chi connectivity index (χ2v) is 8.46. The number of nitrogens with zero attached hydrogens (tertiary/aromatic N) is 3. The molecule has 152 valence electrons. The van der Waals surface area contributed by atoms with Crippen LogP contribution in [0.15, 0.2) is 28.2 Å².